The monoisotopic (exact) mass is 316 g/mol. The van der Waals surface area contributed by atoms with Crippen molar-refractivity contribution in [1.82, 2.24) is 14.6 Å². The number of benzene rings is 1. The van der Waals surface area contributed by atoms with E-state index in [-0.39, 0.29) is 18.5 Å². The van der Waals surface area contributed by atoms with Gasteiger partial charge in [-0.1, -0.05) is 12.1 Å². The summed E-state index contributed by atoms with van der Waals surface area (Å²) in [5.41, 5.74) is 0.971. The zero-order chi connectivity index (χ0) is 15.1. The molecule has 0 bridgehead atoms. The summed E-state index contributed by atoms with van der Waals surface area (Å²) in [6.07, 6.45) is -0.725. The highest BCUT2D eigenvalue weighted by Gasteiger charge is 2.28. The smallest absolute Gasteiger partial charge is 0.271 e. The van der Waals surface area contributed by atoms with E-state index in [1.54, 1.807) is 16.6 Å². The number of amides is 1. The normalized spacial score (nSPS) is 16.7. The van der Waals surface area contributed by atoms with Crippen LogP contribution in [0.5, 0.6) is 11.5 Å². The summed E-state index contributed by atoms with van der Waals surface area (Å²) in [6.45, 7) is 2.09. The fourth-order valence-electron chi connectivity index (χ4n) is 2.18. The van der Waals surface area contributed by atoms with Crippen molar-refractivity contribution in [3.8, 4) is 11.5 Å². The van der Waals surface area contributed by atoms with E-state index in [4.69, 9.17) is 9.47 Å². The summed E-state index contributed by atoms with van der Waals surface area (Å²) in [6, 6.07) is 7.25. The van der Waals surface area contributed by atoms with E-state index in [0.717, 1.165) is 10.7 Å². The van der Waals surface area contributed by atoms with E-state index in [9.17, 15) is 4.79 Å². The number of hydrogen-bond acceptors (Lipinski definition) is 6. The van der Waals surface area contributed by atoms with E-state index in [2.05, 4.69) is 15.4 Å². The van der Waals surface area contributed by atoms with Gasteiger partial charge in [0.1, 0.15) is 6.61 Å². The summed E-state index contributed by atoms with van der Waals surface area (Å²) < 4.78 is 12.9. The highest BCUT2D eigenvalue weighted by Crippen LogP contribution is 2.31. The number of para-hydroxylation sites is 2. The Kier molecular flexibility index (Phi) is 2.97. The lowest BCUT2D eigenvalue weighted by atomic mass is 10.2. The average Bonchev–Trinajstić information content (AvgIpc) is 3.08. The molecule has 1 amide bonds. The first-order valence-corrected chi connectivity index (χ1v) is 7.59. The minimum atomic E-state index is -0.725. The van der Waals surface area contributed by atoms with Crippen molar-refractivity contribution in [2.45, 2.75) is 13.0 Å². The molecule has 1 N–H and O–H groups in total. The number of hydrogen-bond donors (Lipinski definition) is 1. The average molecular weight is 316 g/mol. The minimum Gasteiger partial charge on any atom is -0.485 e. The van der Waals surface area contributed by atoms with E-state index >= 15 is 0 Å². The van der Waals surface area contributed by atoms with Crippen LogP contribution < -0.4 is 14.8 Å². The zero-order valence-corrected chi connectivity index (χ0v) is 12.5. The molecule has 0 spiro atoms. The second-order valence-corrected chi connectivity index (χ2v) is 5.70. The molecule has 1 aliphatic heterocycles. The van der Waals surface area contributed by atoms with Crippen molar-refractivity contribution >= 4 is 28.2 Å². The fraction of sp³-hybridized carbons (Fsp3) is 0.214. The van der Waals surface area contributed by atoms with Crippen LogP contribution in [-0.2, 0) is 4.79 Å². The Labute approximate surface area is 129 Å². The predicted octanol–water partition coefficient (Wildman–Crippen LogP) is 1.88. The third kappa shape index (κ3) is 2.17. The number of carbonyl (C=O) groups is 1. The molecule has 3 aromatic rings. The summed E-state index contributed by atoms with van der Waals surface area (Å²) in [7, 11) is 0. The van der Waals surface area contributed by atoms with Crippen LogP contribution in [0.3, 0.4) is 0 Å². The summed E-state index contributed by atoms with van der Waals surface area (Å²) in [5.74, 6) is 1.14. The van der Waals surface area contributed by atoms with Crippen LogP contribution in [0.15, 0.2) is 29.6 Å². The second-order valence-electron chi connectivity index (χ2n) is 4.86. The van der Waals surface area contributed by atoms with Gasteiger partial charge in [-0.25, -0.2) is 4.52 Å². The standard InChI is InChI=1S/C14H12N4O3S/c1-8-7-22-14-16-13(17-18(8)14)15-12(19)11-6-20-9-4-2-3-5-10(9)21-11/h2-5,7,11H,6H2,1H3,(H,15,17,19). The molecule has 8 heteroatoms. The first kappa shape index (κ1) is 13.1. The Morgan fingerprint density at radius 2 is 2.23 bits per heavy atom. The molecule has 1 aromatic carbocycles. The number of aromatic nitrogens is 3. The molecule has 2 aromatic heterocycles. The van der Waals surface area contributed by atoms with Crippen LogP contribution in [0.2, 0.25) is 0 Å². The SMILES string of the molecule is Cc1csc2nc(NC(=O)C3COc4ccccc4O3)nn12. The lowest BCUT2D eigenvalue weighted by Crippen LogP contribution is -2.40. The minimum absolute atomic E-state index is 0.157. The van der Waals surface area contributed by atoms with E-state index in [1.807, 2.05) is 24.4 Å². The summed E-state index contributed by atoms with van der Waals surface area (Å²) in [4.78, 5) is 17.2. The lowest BCUT2D eigenvalue weighted by Gasteiger charge is -2.25. The Bertz CT molecular complexity index is 857. The molecule has 7 nitrogen and oxygen atoms in total. The highest BCUT2D eigenvalue weighted by atomic mass is 32.1. The van der Waals surface area contributed by atoms with Crippen LogP contribution in [0.1, 0.15) is 5.69 Å². The van der Waals surface area contributed by atoms with Gasteiger partial charge < -0.3 is 9.47 Å². The molecule has 112 valence electrons. The van der Waals surface area contributed by atoms with Gasteiger partial charge in [0.2, 0.25) is 11.1 Å². The van der Waals surface area contributed by atoms with Gasteiger partial charge in [-0.05, 0) is 19.1 Å². The molecule has 0 radical (unpaired) electrons. The third-order valence-corrected chi connectivity index (χ3v) is 4.22. The quantitative estimate of drug-likeness (QED) is 0.781. The highest BCUT2D eigenvalue weighted by molar-refractivity contribution is 7.15. The number of ether oxygens (including phenoxy) is 2. The Hall–Kier alpha value is -2.61. The summed E-state index contributed by atoms with van der Waals surface area (Å²) in [5, 5.41) is 8.86. The predicted molar refractivity (Wildman–Crippen MR) is 80.6 cm³/mol. The lowest BCUT2D eigenvalue weighted by molar-refractivity contribution is -0.125. The number of thiazole rings is 1. The van der Waals surface area contributed by atoms with Gasteiger partial charge >= 0.3 is 0 Å². The number of nitrogens with one attached hydrogen (secondary N) is 1. The summed E-state index contributed by atoms with van der Waals surface area (Å²) >= 11 is 1.47. The number of fused-ring (bicyclic) bond motifs is 2. The maximum absolute atomic E-state index is 12.3. The molecule has 0 aliphatic carbocycles. The molecule has 0 fully saturated rings. The number of rotatable bonds is 2. The first-order chi connectivity index (χ1) is 10.7. The topological polar surface area (TPSA) is 77.8 Å². The van der Waals surface area contributed by atoms with Gasteiger partial charge in [-0.15, -0.1) is 16.4 Å². The van der Waals surface area contributed by atoms with Gasteiger partial charge in [0, 0.05) is 5.38 Å². The van der Waals surface area contributed by atoms with Crippen LogP contribution >= 0.6 is 11.3 Å². The van der Waals surface area contributed by atoms with Crippen molar-refractivity contribution in [3.63, 3.8) is 0 Å². The number of nitrogens with zero attached hydrogens (tertiary/aromatic N) is 3. The molecule has 0 saturated heterocycles. The van der Waals surface area contributed by atoms with Crippen molar-refractivity contribution in [2.75, 3.05) is 11.9 Å². The van der Waals surface area contributed by atoms with Gasteiger partial charge in [-0.2, -0.15) is 4.98 Å². The van der Waals surface area contributed by atoms with E-state index in [0.29, 0.717) is 11.5 Å². The molecule has 3 heterocycles. The van der Waals surface area contributed by atoms with Crippen LogP contribution in [0.25, 0.3) is 4.96 Å². The molecule has 0 saturated carbocycles. The zero-order valence-electron chi connectivity index (χ0n) is 11.6. The largest absolute Gasteiger partial charge is 0.485 e. The van der Waals surface area contributed by atoms with Crippen LogP contribution in [0.4, 0.5) is 5.95 Å². The number of carbonyl (C=O) groups excluding carboxylic acids is 1. The van der Waals surface area contributed by atoms with Crippen molar-refractivity contribution in [1.29, 1.82) is 0 Å². The van der Waals surface area contributed by atoms with Gasteiger partial charge in [0.05, 0.1) is 5.69 Å². The maximum Gasteiger partial charge on any atom is 0.271 e. The molecule has 4 rings (SSSR count). The first-order valence-electron chi connectivity index (χ1n) is 6.71. The van der Waals surface area contributed by atoms with Crippen LogP contribution in [0, 0.1) is 6.92 Å². The fourth-order valence-corrected chi connectivity index (χ4v) is 2.98. The molecular weight excluding hydrogens is 304 g/mol. The molecule has 1 atom stereocenters. The van der Waals surface area contributed by atoms with Crippen molar-refractivity contribution < 1.29 is 14.3 Å². The molecule has 1 unspecified atom stereocenters. The van der Waals surface area contributed by atoms with Gasteiger partial charge in [0.25, 0.3) is 11.9 Å². The van der Waals surface area contributed by atoms with E-state index < -0.39 is 6.10 Å². The maximum atomic E-state index is 12.3. The molecule has 1 aliphatic rings. The number of aryl methyl sites for hydroxylation is 1. The molecule has 22 heavy (non-hydrogen) atoms. The van der Waals surface area contributed by atoms with Crippen molar-refractivity contribution in [2.24, 2.45) is 0 Å². The number of anilines is 1. The third-order valence-electron chi connectivity index (χ3n) is 3.28. The van der Waals surface area contributed by atoms with Crippen molar-refractivity contribution in [3.05, 3.63) is 35.3 Å². The Balaban J connectivity index is 1.50. The Morgan fingerprint density at radius 1 is 1.41 bits per heavy atom. The van der Waals surface area contributed by atoms with Gasteiger partial charge in [0.15, 0.2) is 11.5 Å². The Morgan fingerprint density at radius 3 is 3.05 bits per heavy atom. The molecular formula is C14H12N4O3S. The van der Waals surface area contributed by atoms with E-state index in [1.165, 1.54) is 11.3 Å². The second kappa shape index (κ2) is 4.99. The van der Waals surface area contributed by atoms with Crippen LogP contribution in [-0.4, -0.2) is 33.2 Å². The van der Waals surface area contributed by atoms with Gasteiger partial charge in [-0.3, -0.25) is 10.1 Å².